The number of phenolic OH excluding ortho intramolecular Hbond substituents is 1. The first-order valence-electron chi connectivity index (χ1n) is 8.94. The molecule has 2 atom stereocenters. The van der Waals surface area contributed by atoms with Gasteiger partial charge in [-0.1, -0.05) is 42.0 Å². The molecule has 25 heavy (non-hydrogen) atoms. The summed E-state index contributed by atoms with van der Waals surface area (Å²) in [5.41, 5.74) is 3.55. The zero-order valence-corrected chi connectivity index (χ0v) is 14.9. The van der Waals surface area contributed by atoms with Crippen LogP contribution in [0.1, 0.15) is 42.5 Å². The second-order valence-corrected chi connectivity index (χ2v) is 6.99. The van der Waals surface area contributed by atoms with Crippen molar-refractivity contribution in [3.05, 3.63) is 65.2 Å². The van der Waals surface area contributed by atoms with Gasteiger partial charge in [-0.25, -0.2) is 4.79 Å². The number of rotatable bonds is 4. The van der Waals surface area contributed by atoms with Crippen molar-refractivity contribution >= 4 is 6.03 Å². The van der Waals surface area contributed by atoms with Crippen LogP contribution in [-0.2, 0) is 6.42 Å². The molecule has 0 aliphatic carbocycles. The maximum absolute atomic E-state index is 12.7. The van der Waals surface area contributed by atoms with Gasteiger partial charge in [-0.2, -0.15) is 0 Å². The van der Waals surface area contributed by atoms with E-state index >= 15 is 0 Å². The van der Waals surface area contributed by atoms with Gasteiger partial charge in [0.2, 0.25) is 0 Å². The number of likely N-dealkylation sites (tertiary alicyclic amines) is 1. The van der Waals surface area contributed by atoms with Crippen molar-refractivity contribution in [1.82, 2.24) is 10.2 Å². The Morgan fingerprint density at radius 3 is 2.76 bits per heavy atom. The minimum atomic E-state index is 0.00952. The number of carbonyl (C=O) groups excluding carboxylic acids is 1. The molecule has 4 nitrogen and oxygen atoms in total. The minimum absolute atomic E-state index is 0.00952. The van der Waals surface area contributed by atoms with E-state index < -0.39 is 0 Å². The van der Waals surface area contributed by atoms with Crippen LogP contribution in [0.25, 0.3) is 0 Å². The van der Waals surface area contributed by atoms with Crippen molar-refractivity contribution < 1.29 is 9.90 Å². The number of benzene rings is 2. The summed E-state index contributed by atoms with van der Waals surface area (Å²) in [7, 11) is 0. The van der Waals surface area contributed by atoms with Gasteiger partial charge in [0.15, 0.2) is 0 Å². The van der Waals surface area contributed by atoms with Gasteiger partial charge in [0, 0.05) is 12.6 Å². The molecule has 0 radical (unpaired) electrons. The topological polar surface area (TPSA) is 52.6 Å². The molecule has 0 spiro atoms. The summed E-state index contributed by atoms with van der Waals surface area (Å²) in [6, 6.07) is 15.8. The Morgan fingerprint density at radius 1 is 1.28 bits per heavy atom. The summed E-state index contributed by atoms with van der Waals surface area (Å²) in [5, 5.41) is 12.5. The molecule has 4 heteroatoms. The second-order valence-electron chi connectivity index (χ2n) is 6.99. The van der Waals surface area contributed by atoms with E-state index in [1.54, 1.807) is 12.1 Å². The summed E-state index contributed by atoms with van der Waals surface area (Å²) in [6.07, 6.45) is 2.80. The Balaban J connectivity index is 1.62. The van der Waals surface area contributed by atoms with Crippen LogP contribution in [0.4, 0.5) is 4.79 Å². The number of urea groups is 1. The second kappa shape index (κ2) is 7.60. The molecule has 0 bridgehead atoms. The number of carbonyl (C=O) groups is 1. The first kappa shape index (κ1) is 17.3. The lowest BCUT2D eigenvalue weighted by Gasteiger charge is -2.27. The third-order valence-corrected chi connectivity index (χ3v) is 4.79. The molecule has 132 valence electrons. The Hall–Kier alpha value is -2.49. The van der Waals surface area contributed by atoms with Crippen molar-refractivity contribution in [2.75, 3.05) is 6.54 Å². The van der Waals surface area contributed by atoms with Crippen molar-refractivity contribution in [3.8, 4) is 5.75 Å². The normalized spacial score (nSPS) is 18.2. The van der Waals surface area contributed by atoms with E-state index in [1.807, 2.05) is 24.0 Å². The molecule has 0 saturated carbocycles. The Bertz CT molecular complexity index is 727. The number of amides is 2. The van der Waals surface area contributed by atoms with Crippen molar-refractivity contribution in [2.45, 2.75) is 45.2 Å². The van der Waals surface area contributed by atoms with E-state index in [1.165, 1.54) is 11.1 Å². The number of hydrogen-bond acceptors (Lipinski definition) is 2. The van der Waals surface area contributed by atoms with Gasteiger partial charge >= 0.3 is 6.03 Å². The first-order chi connectivity index (χ1) is 12.0. The number of nitrogens with one attached hydrogen (secondary N) is 1. The number of hydrogen-bond donors (Lipinski definition) is 2. The predicted molar refractivity (Wildman–Crippen MR) is 99.7 cm³/mol. The van der Waals surface area contributed by atoms with Crippen LogP contribution in [-0.4, -0.2) is 28.6 Å². The Kier molecular flexibility index (Phi) is 5.27. The predicted octanol–water partition coefficient (Wildman–Crippen LogP) is 4.18. The zero-order chi connectivity index (χ0) is 17.8. The maximum Gasteiger partial charge on any atom is 0.318 e. The fraction of sp³-hybridized carbons (Fsp3) is 0.381. The average Bonchev–Trinajstić information content (AvgIpc) is 3.07. The van der Waals surface area contributed by atoms with Crippen molar-refractivity contribution in [1.29, 1.82) is 0 Å². The van der Waals surface area contributed by atoms with Gasteiger partial charge in [0.1, 0.15) is 5.75 Å². The van der Waals surface area contributed by atoms with E-state index in [9.17, 15) is 9.90 Å². The molecule has 2 aromatic carbocycles. The summed E-state index contributed by atoms with van der Waals surface area (Å²) < 4.78 is 0. The summed E-state index contributed by atoms with van der Waals surface area (Å²) in [4.78, 5) is 14.7. The van der Waals surface area contributed by atoms with E-state index in [0.717, 1.165) is 31.4 Å². The van der Waals surface area contributed by atoms with E-state index in [2.05, 4.69) is 36.5 Å². The van der Waals surface area contributed by atoms with Gasteiger partial charge < -0.3 is 15.3 Å². The molecule has 2 amide bonds. The van der Waals surface area contributed by atoms with Gasteiger partial charge in [0.05, 0.1) is 6.04 Å². The molecular formula is C21H26N2O2. The SMILES string of the molecule is Cc1cccc(C2CCCN2C(=O)NC(C)Cc2ccc(O)cc2)c1. The van der Waals surface area contributed by atoms with Gasteiger partial charge in [-0.15, -0.1) is 0 Å². The Morgan fingerprint density at radius 2 is 2.04 bits per heavy atom. The van der Waals surface area contributed by atoms with E-state index in [4.69, 9.17) is 0 Å². The van der Waals surface area contributed by atoms with Crippen LogP contribution >= 0.6 is 0 Å². The lowest BCUT2D eigenvalue weighted by atomic mass is 10.0. The van der Waals surface area contributed by atoms with Crippen LogP contribution in [0.15, 0.2) is 48.5 Å². The lowest BCUT2D eigenvalue weighted by molar-refractivity contribution is 0.189. The van der Waals surface area contributed by atoms with Gasteiger partial charge in [0.25, 0.3) is 0 Å². The number of aromatic hydroxyl groups is 1. The number of aryl methyl sites for hydroxylation is 1. The molecule has 1 fully saturated rings. The lowest BCUT2D eigenvalue weighted by Crippen LogP contribution is -2.44. The van der Waals surface area contributed by atoms with E-state index in [-0.39, 0.29) is 23.9 Å². The summed E-state index contributed by atoms with van der Waals surface area (Å²) >= 11 is 0. The quantitative estimate of drug-likeness (QED) is 0.879. The number of phenols is 1. The molecule has 0 aromatic heterocycles. The van der Waals surface area contributed by atoms with Crippen molar-refractivity contribution in [3.63, 3.8) is 0 Å². The fourth-order valence-corrected chi connectivity index (χ4v) is 3.56. The fourth-order valence-electron chi connectivity index (χ4n) is 3.56. The minimum Gasteiger partial charge on any atom is -0.508 e. The molecule has 1 heterocycles. The first-order valence-corrected chi connectivity index (χ1v) is 8.94. The average molecular weight is 338 g/mol. The van der Waals surface area contributed by atoms with E-state index in [0.29, 0.717) is 0 Å². The highest BCUT2D eigenvalue weighted by Gasteiger charge is 2.30. The summed E-state index contributed by atoms with van der Waals surface area (Å²) in [5.74, 6) is 0.263. The highest BCUT2D eigenvalue weighted by molar-refractivity contribution is 5.75. The molecule has 2 N–H and O–H groups in total. The molecular weight excluding hydrogens is 312 g/mol. The standard InChI is InChI=1S/C21H26N2O2/c1-15-5-3-6-18(13-15)20-7-4-12-23(20)21(25)22-16(2)14-17-8-10-19(24)11-9-17/h3,5-6,8-11,13,16,20,24H,4,7,12,14H2,1-2H3,(H,22,25). The zero-order valence-electron chi connectivity index (χ0n) is 14.9. The molecule has 2 aromatic rings. The molecule has 1 saturated heterocycles. The van der Waals surface area contributed by atoms with Crippen LogP contribution in [0.3, 0.4) is 0 Å². The third-order valence-electron chi connectivity index (χ3n) is 4.79. The highest BCUT2D eigenvalue weighted by atomic mass is 16.3. The largest absolute Gasteiger partial charge is 0.508 e. The van der Waals surface area contributed by atoms with Gasteiger partial charge in [-0.05, 0) is 56.4 Å². The Labute approximate surface area is 149 Å². The maximum atomic E-state index is 12.7. The van der Waals surface area contributed by atoms with Crippen LogP contribution in [0.2, 0.25) is 0 Å². The van der Waals surface area contributed by atoms with Crippen LogP contribution < -0.4 is 5.32 Å². The molecule has 2 unspecified atom stereocenters. The van der Waals surface area contributed by atoms with Crippen LogP contribution in [0.5, 0.6) is 5.75 Å². The summed E-state index contributed by atoms with van der Waals surface area (Å²) in [6.45, 7) is 4.90. The molecule has 1 aliphatic heterocycles. The third kappa shape index (κ3) is 4.32. The highest BCUT2D eigenvalue weighted by Crippen LogP contribution is 2.32. The van der Waals surface area contributed by atoms with Gasteiger partial charge in [-0.3, -0.25) is 0 Å². The van der Waals surface area contributed by atoms with Crippen LogP contribution in [0, 0.1) is 6.92 Å². The monoisotopic (exact) mass is 338 g/mol. The smallest absolute Gasteiger partial charge is 0.318 e. The van der Waals surface area contributed by atoms with Crippen molar-refractivity contribution in [2.24, 2.45) is 0 Å². The molecule has 1 aliphatic rings. The number of nitrogens with zero attached hydrogens (tertiary/aromatic N) is 1. The molecule has 3 rings (SSSR count).